The maximum atomic E-state index is 9.17. The van der Waals surface area contributed by atoms with Crippen LogP contribution in [0.25, 0.3) is 0 Å². The van der Waals surface area contributed by atoms with Gasteiger partial charge in [0.2, 0.25) is 0 Å². The lowest BCUT2D eigenvalue weighted by molar-refractivity contribution is 0.288. The van der Waals surface area contributed by atoms with Gasteiger partial charge < -0.3 is 10.4 Å². The van der Waals surface area contributed by atoms with Crippen LogP contribution in [-0.2, 0) is 0 Å². The Balaban J connectivity index is 2.65. The molecule has 1 heterocycles. The highest BCUT2D eigenvalue weighted by molar-refractivity contribution is 7.99. The van der Waals surface area contributed by atoms with Crippen molar-refractivity contribution < 1.29 is 5.11 Å². The maximum Gasteiger partial charge on any atom is 0.0569 e. The lowest BCUT2D eigenvalue weighted by Gasteiger charge is -2.23. The van der Waals surface area contributed by atoms with E-state index in [2.05, 4.69) is 17.2 Å². The minimum Gasteiger partial charge on any atom is -0.395 e. The molecule has 2 atom stereocenters. The van der Waals surface area contributed by atoms with Gasteiger partial charge in [0.05, 0.1) is 6.61 Å². The van der Waals surface area contributed by atoms with E-state index in [-0.39, 0.29) is 17.9 Å². The van der Waals surface area contributed by atoms with E-state index >= 15 is 0 Å². The lowest BCUT2D eigenvalue weighted by atomic mass is 10.2. The number of nitrogens with one attached hydrogen (secondary N) is 1. The van der Waals surface area contributed by atoms with Crippen LogP contribution in [-0.4, -0.2) is 34.2 Å². The molecule has 1 aromatic heterocycles. The van der Waals surface area contributed by atoms with E-state index < -0.39 is 0 Å². The summed E-state index contributed by atoms with van der Waals surface area (Å²) in [6, 6.07) is 2.20. The molecule has 2 N–H and O–H groups in total. The topological polar surface area (TPSA) is 45.1 Å². The van der Waals surface area contributed by atoms with E-state index in [1.165, 1.54) is 0 Å². The van der Waals surface area contributed by atoms with E-state index in [0.29, 0.717) is 0 Å². The highest BCUT2D eigenvalue weighted by Gasteiger charge is 2.15. The maximum absolute atomic E-state index is 9.17. The normalized spacial score (nSPS) is 14.7. The van der Waals surface area contributed by atoms with Crippen LogP contribution in [0.2, 0.25) is 0 Å². The second-order valence-electron chi connectivity index (χ2n) is 3.58. The van der Waals surface area contributed by atoms with Crippen molar-refractivity contribution in [2.24, 2.45) is 0 Å². The summed E-state index contributed by atoms with van der Waals surface area (Å²) in [6.07, 6.45) is 5.62. The van der Waals surface area contributed by atoms with Gasteiger partial charge in [0.25, 0.3) is 0 Å². The number of hydrogen-bond donors (Lipinski definition) is 2. The molecule has 0 amide bonds. The van der Waals surface area contributed by atoms with Crippen LogP contribution in [0, 0.1) is 6.92 Å². The molecule has 0 spiro atoms. The molecule has 0 radical (unpaired) electrons. The standard InChI is InChI=1S/C11H18N2OS/c1-8-6-12-5-4-10(8)13-9(2)11(7-14)15-3/h4-6,9,11,14H,7H2,1-3H3,(H,12,13). The van der Waals surface area contributed by atoms with Crippen LogP contribution < -0.4 is 5.32 Å². The molecule has 0 saturated heterocycles. The molecule has 0 aliphatic carbocycles. The zero-order valence-corrected chi connectivity index (χ0v) is 10.2. The highest BCUT2D eigenvalue weighted by atomic mass is 32.2. The Bertz CT molecular complexity index is 302. The van der Waals surface area contributed by atoms with E-state index in [0.717, 1.165) is 11.3 Å². The van der Waals surface area contributed by atoms with Crippen LogP contribution in [0.15, 0.2) is 18.5 Å². The predicted molar refractivity (Wildman–Crippen MR) is 66.4 cm³/mol. The Labute approximate surface area is 95.3 Å². The molecule has 4 heteroatoms. The lowest BCUT2D eigenvalue weighted by Crippen LogP contribution is -2.31. The van der Waals surface area contributed by atoms with Gasteiger partial charge in [0.1, 0.15) is 0 Å². The Morgan fingerprint density at radius 2 is 2.33 bits per heavy atom. The first-order chi connectivity index (χ1) is 7.19. The Morgan fingerprint density at radius 3 is 2.87 bits per heavy atom. The number of anilines is 1. The quantitative estimate of drug-likeness (QED) is 0.805. The van der Waals surface area contributed by atoms with Gasteiger partial charge in [-0.1, -0.05) is 0 Å². The molecule has 1 rings (SSSR count). The average molecular weight is 226 g/mol. The zero-order chi connectivity index (χ0) is 11.3. The third-order valence-corrected chi connectivity index (χ3v) is 3.61. The summed E-state index contributed by atoms with van der Waals surface area (Å²) < 4.78 is 0. The fourth-order valence-corrected chi connectivity index (χ4v) is 2.04. The van der Waals surface area contributed by atoms with Crippen LogP contribution in [0.4, 0.5) is 5.69 Å². The van der Waals surface area contributed by atoms with Crippen molar-refractivity contribution in [1.29, 1.82) is 0 Å². The van der Waals surface area contributed by atoms with Crippen LogP contribution >= 0.6 is 11.8 Å². The molecular formula is C11H18N2OS. The van der Waals surface area contributed by atoms with Crippen molar-refractivity contribution in [3.8, 4) is 0 Å². The summed E-state index contributed by atoms with van der Waals surface area (Å²) in [4.78, 5) is 4.04. The van der Waals surface area contributed by atoms with Crippen LogP contribution in [0.1, 0.15) is 12.5 Å². The minimum atomic E-state index is 0.194. The highest BCUT2D eigenvalue weighted by Crippen LogP contribution is 2.18. The van der Waals surface area contributed by atoms with Crippen LogP contribution in [0.3, 0.4) is 0 Å². The largest absolute Gasteiger partial charge is 0.395 e. The first-order valence-electron chi connectivity index (χ1n) is 4.99. The number of nitrogens with zero attached hydrogens (tertiary/aromatic N) is 1. The van der Waals surface area contributed by atoms with Gasteiger partial charge >= 0.3 is 0 Å². The molecule has 0 aliphatic rings. The first kappa shape index (κ1) is 12.3. The molecular weight excluding hydrogens is 208 g/mol. The molecule has 1 aromatic rings. The van der Waals surface area contributed by atoms with Crippen LogP contribution in [0.5, 0.6) is 0 Å². The Hall–Kier alpha value is -0.740. The van der Waals surface area contributed by atoms with Gasteiger partial charge in [-0.3, -0.25) is 4.98 Å². The first-order valence-corrected chi connectivity index (χ1v) is 6.28. The smallest absolute Gasteiger partial charge is 0.0569 e. The molecule has 0 bridgehead atoms. The molecule has 3 nitrogen and oxygen atoms in total. The van der Waals surface area contributed by atoms with Crippen molar-refractivity contribution in [3.63, 3.8) is 0 Å². The van der Waals surface area contributed by atoms with Gasteiger partial charge in [-0.2, -0.15) is 11.8 Å². The molecule has 0 aromatic carbocycles. The van der Waals surface area contributed by atoms with Gasteiger partial charge in [0, 0.05) is 29.4 Å². The van der Waals surface area contributed by atoms with Crippen molar-refractivity contribution in [2.75, 3.05) is 18.2 Å². The summed E-state index contributed by atoms with van der Waals surface area (Å²) in [6.45, 7) is 4.30. The second kappa shape index (κ2) is 5.98. The van der Waals surface area contributed by atoms with E-state index in [1.807, 2.05) is 25.4 Å². The third-order valence-electron chi connectivity index (χ3n) is 2.44. The van der Waals surface area contributed by atoms with Crippen molar-refractivity contribution in [2.45, 2.75) is 25.1 Å². The molecule has 2 unspecified atom stereocenters. The van der Waals surface area contributed by atoms with E-state index in [4.69, 9.17) is 0 Å². The summed E-state index contributed by atoms with van der Waals surface area (Å²) in [5, 5.41) is 12.8. The molecule has 0 fully saturated rings. The average Bonchev–Trinajstić information content (AvgIpc) is 2.23. The minimum absolute atomic E-state index is 0.194. The van der Waals surface area contributed by atoms with Gasteiger partial charge in [0.15, 0.2) is 0 Å². The number of aliphatic hydroxyl groups excluding tert-OH is 1. The number of hydrogen-bond acceptors (Lipinski definition) is 4. The molecule has 0 saturated carbocycles. The Morgan fingerprint density at radius 1 is 1.60 bits per heavy atom. The summed E-state index contributed by atoms with van der Waals surface area (Å²) in [5.41, 5.74) is 2.21. The zero-order valence-electron chi connectivity index (χ0n) is 9.40. The van der Waals surface area contributed by atoms with Gasteiger partial charge in [-0.05, 0) is 31.7 Å². The fourth-order valence-electron chi connectivity index (χ4n) is 1.41. The monoisotopic (exact) mass is 226 g/mol. The summed E-state index contributed by atoms with van der Waals surface area (Å²) >= 11 is 1.67. The number of aryl methyl sites for hydroxylation is 1. The summed E-state index contributed by atoms with van der Waals surface area (Å²) in [7, 11) is 0. The molecule has 0 aliphatic heterocycles. The second-order valence-corrected chi connectivity index (χ2v) is 4.66. The summed E-state index contributed by atoms with van der Waals surface area (Å²) in [5.74, 6) is 0. The van der Waals surface area contributed by atoms with Gasteiger partial charge in [-0.15, -0.1) is 0 Å². The van der Waals surface area contributed by atoms with E-state index in [1.54, 1.807) is 18.0 Å². The van der Waals surface area contributed by atoms with Crippen molar-refractivity contribution >= 4 is 17.4 Å². The van der Waals surface area contributed by atoms with Gasteiger partial charge in [-0.25, -0.2) is 0 Å². The number of aromatic nitrogens is 1. The fraction of sp³-hybridized carbons (Fsp3) is 0.545. The number of aliphatic hydroxyl groups is 1. The third kappa shape index (κ3) is 3.39. The SMILES string of the molecule is CSC(CO)C(C)Nc1ccncc1C. The number of rotatable bonds is 5. The number of pyridine rings is 1. The van der Waals surface area contributed by atoms with E-state index in [9.17, 15) is 5.11 Å². The van der Waals surface area contributed by atoms with Crippen molar-refractivity contribution in [1.82, 2.24) is 4.98 Å². The predicted octanol–water partition coefficient (Wildman–Crippen LogP) is 1.91. The Kier molecular flexibility index (Phi) is 4.91. The molecule has 84 valence electrons. The van der Waals surface area contributed by atoms with Crippen molar-refractivity contribution in [3.05, 3.63) is 24.0 Å². The number of thioether (sulfide) groups is 1. The molecule has 15 heavy (non-hydrogen) atoms.